The summed E-state index contributed by atoms with van der Waals surface area (Å²) in [4.78, 5) is 1.43. The van der Waals surface area contributed by atoms with Crippen LogP contribution >= 0.6 is 11.3 Å². The Kier molecular flexibility index (Phi) is 3.00. The minimum absolute atomic E-state index is 0.393. The van der Waals surface area contributed by atoms with E-state index in [0.29, 0.717) is 12.1 Å². The number of rotatable bonds is 2. The van der Waals surface area contributed by atoms with Crippen molar-refractivity contribution >= 4 is 11.3 Å². The van der Waals surface area contributed by atoms with Crippen molar-refractivity contribution in [1.29, 1.82) is 0 Å². The second-order valence-electron chi connectivity index (χ2n) is 4.62. The van der Waals surface area contributed by atoms with Crippen LogP contribution in [0, 0.1) is 0 Å². The Morgan fingerprint density at radius 1 is 1.24 bits per heavy atom. The van der Waals surface area contributed by atoms with Crippen molar-refractivity contribution in [3.8, 4) is 0 Å². The lowest BCUT2D eigenvalue weighted by Crippen LogP contribution is -2.39. The van der Waals surface area contributed by atoms with Crippen LogP contribution in [0.25, 0.3) is 0 Å². The highest BCUT2D eigenvalue weighted by Crippen LogP contribution is 2.33. The van der Waals surface area contributed by atoms with E-state index >= 15 is 0 Å². The summed E-state index contributed by atoms with van der Waals surface area (Å²) in [7, 11) is 0. The predicted molar refractivity (Wildman–Crippen MR) is 73.5 cm³/mol. The van der Waals surface area contributed by atoms with Crippen LogP contribution in [-0.4, -0.2) is 6.04 Å². The molecular weight excluding hydrogens is 226 g/mol. The van der Waals surface area contributed by atoms with Gasteiger partial charge in [-0.25, -0.2) is 0 Å². The molecule has 88 valence electrons. The van der Waals surface area contributed by atoms with Crippen LogP contribution in [0.3, 0.4) is 0 Å². The molecule has 17 heavy (non-hydrogen) atoms. The largest absolute Gasteiger partial charge is 0.302 e. The van der Waals surface area contributed by atoms with E-state index in [0.717, 1.165) is 6.42 Å². The summed E-state index contributed by atoms with van der Waals surface area (Å²) in [6.07, 6.45) is 2.35. The molecule has 0 saturated carbocycles. The van der Waals surface area contributed by atoms with E-state index < -0.39 is 0 Å². The third-order valence-corrected chi connectivity index (χ3v) is 4.49. The fourth-order valence-electron chi connectivity index (χ4n) is 2.60. The number of thiophene rings is 1. The van der Waals surface area contributed by atoms with Crippen LogP contribution in [0.2, 0.25) is 0 Å². The summed E-state index contributed by atoms with van der Waals surface area (Å²) in [5.41, 5.74) is 2.97. The molecule has 2 unspecified atom stereocenters. The van der Waals surface area contributed by atoms with Crippen LogP contribution < -0.4 is 5.32 Å². The minimum Gasteiger partial charge on any atom is -0.302 e. The number of hydrogen-bond donors (Lipinski definition) is 1. The third-order valence-electron chi connectivity index (χ3n) is 3.56. The zero-order valence-electron chi connectivity index (χ0n) is 10.0. The summed E-state index contributed by atoms with van der Waals surface area (Å²) < 4.78 is 0. The summed E-state index contributed by atoms with van der Waals surface area (Å²) >= 11 is 1.84. The second kappa shape index (κ2) is 4.63. The number of fused-ring (bicyclic) bond motifs is 1. The average molecular weight is 243 g/mol. The zero-order chi connectivity index (χ0) is 11.7. The smallest absolute Gasteiger partial charge is 0.0675 e. The molecule has 0 saturated heterocycles. The van der Waals surface area contributed by atoms with Crippen LogP contribution in [0.5, 0.6) is 0 Å². The number of benzene rings is 1. The minimum atomic E-state index is 0.393. The molecule has 1 aliphatic heterocycles. The molecule has 2 aromatic rings. The second-order valence-corrected chi connectivity index (χ2v) is 5.60. The standard InChI is InChI=1S/C15H17NS/c1-2-12-10-11-6-3-4-7-13(11)15(16-12)14-8-5-9-17-14/h3-9,12,15-16H,2,10H2,1H3. The van der Waals surface area contributed by atoms with E-state index in [1.54, 1.807) is 0 Å². The van der Waals surface area contributed by atoms with E-state index in [4.69, 9.17) is 0 Å². The summed E-state index contributed by atoms with van der Waals surface area (Å²) in [5.74, 6) is 0. The van der Waals surface area contributed by atoms with Crippen molar-refractivity contribution in [2.75, 3.05) is 0 Å². The lowest BCUT2D eigenvalue weighted by molar-refractivity contribution is 0.431. The molecule has 1 N–H and O–H groups in total. The first-order chi connectivity index (χ1) is 8.38. The maximum atomic E-state index is 3.77. The molecule has 0 bridgehead atoms. The SMILES string of the molecule is CCC1Cc2ccccc2C(c2cccs2)N1. The molecule has 0 fully saturated rings. The lowest BCUT2D eigenvalue weighted by atomic mass is 9.88. The Balaban J connectivity index is 2.03. The van der Waals surface area contributed by atoms with Crippen LogP contribution in [0.15, 0.2) is 41.8 Å². The molecular formula is C15H17NS. The summed E-state index contributed by atoms with van der Waals surface area (Å²) in [5, 5.41) is 5.93. The first-order valence-electron chi connectivity index (χ1n) is 6.25. The van der Waals surface area contributed by atoms with Gasteiger partial charge in [0.2, 0.25) is 0 Å². The molecule has 1 aromatic carbocycles. The van der Waals surface area contributed by atoms with Gasteiger partial charge in [-0.3, -0.25) is 0 Å². The van der Waals surface area contributed by atoms with Gasteiger partial charge in [-0.1, -0.05) is 37.3 Å². The van der Waals surface area contributed by atoms with Gasteiger partial charge in [-0.05, 0) is 35.4 Å². The Morgan fingerprint density at radius 2 is 2.12 bits per heavy atom. The molecule has 1 nitrogen and oxygen atoms in total. The molecule has 0 aliphatic carbocycles. The van der Waals surface area contributed by atoms with Crippen molar-refractivity contribution in [2.24, 2.45) is 0 Å². The predicted octanol–water partition coefficient (Wildman–Crippen LogP) is 3.76. The van der Waals surface area contributed by atoms with Gasteiger partial charge in [-0.2, -0.15) is 0 Å². The van der Waals surface area contributed by atoms with Gasteiger partial charge in [0, 0.05) is 10.9 Å². The highest BCUT2D eigenvalue weighted by molar-refractivity contribution is 7.10. The quantitative estimate of drug-likeness (QED) is 0.847. The van der Waals surface area contributed by atoms with E-state index in [1.807, 2.05) is 11.3 Å². The fraction of sp³-hybridized carbons (Fsp3) is 0.333. The van der Waals surface area contributed by atoms with Gasteiger partial charge in [-0.15, -0.1) is 11.3 Å². The zero-order valence-corrected chi connectivity index (χ0v) is 10.8. The maximum Gasteiger partial charge on any atom is 0.0675 e. The average Bonchev–Trinajstić information content (AvgIpc) is 2.91. The normalized spacial score (nSPS) is 23.4. The molecule has 3 rings (SSSR count). The van der Waals surface area contributed by atoms with Crippen molar-refractivity contribution in [3.63, 3.8) is 0 Å². The van der Waals surface area contributed by atoms with E-state index in [9.17, 15) is 0 Å². The first-order valence-corrected chi connectivity index (χ1v) is 7.13. The molecule has 0 spiro atoms. The number of hydrogen-bond acceptors (Lipinski definition) is 2. The van der Waals surface area contributed by atoms with Gasteiger partial charge >= 0.3 is 0 Å². The molecule has 2 heteroatoms. The highest BCUT2D eigenvalue weighted by atomic mass is 32.1. The van der Waals surface area contributed by atoms with E-state index in [-0.39, 0.29) is 0 Å². The molecule has 1 aromatic heterocycles. The highest BCUT2D eigenvalue weighted by Gasteiger charge is 2.26. The third kappa shape index (κ3) is 2.03. The molecule has 2 heterocycles. The Labute approximate surface area is 106 Å². The topological polar surface area (TPSA) is 12.0 Å². The first kappa shape index (κ1) is 11.0. The van der Waals surface area contributed by atoms with Crippen molar-refractivity contribution in [2.45, 2.75) is 31.8 Å². The van der Waals surface area contributed by atoms with Gasteiger partial charge in [0.25, 0.3) is 0 Å². The summed E-state index contributed by atoms with van der Waals surface area (Å²) in [6, 6.07) is 14.2. The van der Waals surface area contributed by atoms with Gasteiger partial charge < -0.3 is 5.32 Å². The maximum absolute atomic E-state index is 3.77. The Bertz CT molecular complexity index is 489. The number of nitrogens with one attached hydrogen (secondary N) is 1. The molecule has 2 atom stereocenters. The van der Waals surface area contributed by atoms with Gasteiger partial charge in [0.1, 0.15) is 0 Å². The molecule has 0 radical (unpaired) electrons. The van der Waals surface area contributed by atoms with Gasteiger partial charge in [0.05, 0.1) is 6.04 Å². The van der Waals surface area contributed by atoms with Crippen molar-refractivity contribution in [1.82, 2.24) is 5.32 Å². The van der Waals surface area contributed by atoms with Gasteiger partial charge in [0.15, 0.2) is 0 Å². The van der Waals surface area contributed by atoms with Crippen molar-refractivity contribution in [3.05, 3.63) is 57.8 Å². The van der Waals surface area contributed by atoms with Crippen LogP contribution in [0.4, 0.5) is 0 Å². The Morgan fingerprint density at radius 3 is 2.88 bits per heavy atom. The lowest BCUT2D eigenvalue weighted by Gasteiger charge is -2.32. The van der Waals surface area contributed by atoms with Crippen LogP contribution in [-0.2, 0) is 6.42 Å². The summed E-state index contributed by atoms with van der Waals surface area (Å²) in [6.45, 7) is 2.26. The fourth-order valence-corrected chi connectivity index (χ4v) is 3.41. The molecule has 1 aliphatic rings. The van der Waals surface area contributed by atoms with E-state index in [2.05, 4.69) is 54.0 Å². The van der Waals surface area contributed by atoms with E-state index in [1.165, 1.54) is 22.4 Å². The Hall–Kier alpha value is -1.12. The molecule has 0 amide bonds. The van der Waals surface area contributed by atoms with Crippen molar-refractivity contribution < 1.29 is 0 Å². The monoisotopic (exact) mass is 243 g/mol. The van der Waals surface area contributed by atoms with Crippen LogP contribution in [0.1, 0.15) is 35.4 Å².